The Kier molecular flexibility index (Phi) is 4.00. The van der Waals surface area contributed by atoms with E-state index >= 15 is 0 Å². The van der Waals surface area contributed by atoms with Crippen molar-refractivity contribution in [2.45, 2.75) is 20.0 Å². The van der Waals surface area contributed by atoms with Crippen LogP contribution in [0.15, 0.2) is 60.2 Å². The van der Waals surface area contributed by atoms with Gasteiger partial charge in [0.15, 0.2) is 6.17 Å². The molecular weight excluding hydrogens is 324 g/mol. The van der Waals surface area contributed by atoms with Gasteiger partial charge in [0.05, 0.1) is 24.4 Å². The molecule has 1 unspecified atom stereocenters. The number of fused-ring (bicyclic) bond motifs is 2. The van der Waals surface area contributed by atoms with Crippen molar-refractivity contribution in [1.82, 2.24) is 5.32 Å². The van der Waals surface area contributed by atoms with Gasteiger partial charge in [-0.05, 0) is 13.8 Å². The van der Waals surface area contributed by atoms with Crippen molar-refractivity contribution in [2.24, 2.45) is 0 Å². The number of carbonyl (C=O) groups is 2. The Morgan fingerprint density at radius 1 is 0.885 bits per heavy atom. The van der Waals surface area contributed by atoms with Crippen LogP contribution >= 0.6 is 0 Å². The zero-order valence-corrected chi connectivity index (χ0v) is 15.2. The second-order valence-electron chi connectivity index (χ2n) is 7.02. The molecule has 1 heterocycles. The highest BCUT2D eigenvalue weighted by Crippen LogP contribution is 2.39. The van der Waals surface area contributed by atoms with Crippen molar-refractivity contribution < 1.29 is 14.1 Å². The van der Waals surface area contributed by atoms with Crippen LogP contribution in [-0.2, 0) is 4.79 Å². The van der Waals surface area contributed by atoms with E-state index < -0.39 is 0 Å². The number of nitrogens with one attached hydrogen (secondary N) is 1. The third-order valence-electron chi connectivity index (χ3n) is 5.90. The molecular formula is C22H23N2O2+. The van der Waals surface area contributed by atoms with Gasteiger partial charge in [-0.1, -0.05) is 54.6 Å². The first kappa shape index (κ1) is 16.7. The molecule has 4 nitrogen and oxygen atoms in total. The molecule has 1 N–H and O–H groups in total. The number of rotatable bonds is 3. The Balaban J connectivity index is 1.91. The van der Waals surface area contributed by atoms with E-state index in [0.29, 0.717) is 22.2 Å². The summed E-state index contributed by atoms with van der Waals surface area (Å²) in [6.07, 6.45) is 0.0546. The molecule has 0 radical (unpaired) electrons. The van der Waals surface area contributed by atoms with Gasteiger partial charge in [0.2, 0.25) is 11.6 Å². The predicted octanol–water partition coefficient (Wildman–Crippen LogP) is 3.32. The summed E-state index contributed by atoms with van der Waals surface area (Å²) in [7, 11) is 0. The van der Waals surface area contributed by atoms with Crippen molar-refractivity contribution >= 4 is 17.3 Å². The summed E-state index contributed by atoms with van der Waals surface area (Å²) >= 11 is 0. The average molecular weight is 347 g/mol. The van der Waals surface area contributed by atoms with E-state index in [1.807, 2.05) is 36.4 Å². The number of carbonyl (C=O) groups excluding carboxylic acids is 2. The molecule has 2 aromatic rings. The highest BCUT2D eigenvalue weighted by Gasteiger charge is 2.46. The average Bonchev–Trinajstić information content (AvgIpc) is 2.71. The van der Waals surface area contributed by atoms with E-state index in [0.717, 1.165) is 24.4 Å². The summed E-state index contributed by atoms with van der Waals surface area (Å²) in [5.74, 6) is -0.744. The first-order chi connectivity index (χ1) is 12.6. The number of quaternary nitrogens is 1. The van der Waals surface area contributed by atoms with Crippen molar-refractivity contribution in [3.63, 3.8) is 0 Å². The van der Waals surface area contributed by atoms with E-state index in [1.54, 1.807) is 6.07 Å². The molecule has 0 fully saturated rings. The van der Waals surface area contributed by atoms with Crippen LogP contribution in [0.2, 0.25) is 0 Å². The molecule has 26 heavy (non-hydrogen) atoms. The van der Waals surface area contributed by atoms with Gasteiger partial charge in [0.25, 0.3) is 0 Å². The van der Waals surface area contributed by atoms with E-state index in [1.165, 1.54) is 5.56 Å². The molecule has 0 saturated carbocycles. The number of Topliss-reactive ketones (excluding diaryl/α,β-unsaturated/α-hetero) is 2. The Bertz CT molecular complexity index is 911. The first-order valence-electron chi connectivity index (χ1n) is 9.20. The van der Waals surface area contributed by atoms with Gasteiger partial charge in [0.1, 0.15) is 6.54 Å². The molecule has 1 aliphatic carbocycles. The van der Waals surface area contributed by atoms with Gasteiger partial charge >= 0.3 is 0 Å². The predicted molar refractivity (Wildman–Crippen MR) is 101 cm³/mol. The summed E-state index contributed by atoms with van der Waals surface area (Å²) in [6.45, 7) is 6.63. The number of likely N-dealkylation sites (N-methyl/N-ethyl adjacent to an activating group) is 1. The summed E-state index contributed by atoms with van der Waals surface area (Å²) in [4.78, 5) is 25.4. The zero-order chi connectivity index (χ0) is 18.3. The third-order valence-corrected chi connectivity index (χ3v) is 5.90. The monoisotopic (exact) mass is 347 g/mol. The fourth-order valence-corrected chi connectivity index (χ4v) is 4.28. The lowest BCUT2D eigenvalue weighted by Crippen LogP contribution is -2.60. The largest absolute Gasteiger partial charge is 0.331 e. The third kappa shape index (κ3) is 2.33. The van der Waals surface area contributed by atoms with E-state index in [2.05, 4.69) is 31.3 Å². The molecule has 132 valence electrons. The normalized spacial score (nSPS) is 21.1. The van der Waals surface area contributed by atoms with Crippen molar-refractivity contribution in [2.75, 3.05) is 19.6 Å². The van der Waals surface area contributed by atoms with E-state index in [9.17, 15) is 9.59 Å². The fraction of sp³-hybridized carbons (Fsp3) is 0.273. The molecule has 2 aliphatic rings. The van der Waals surface area contributed by atoms with E-state index in [4.69, 9.17) is 0 Å². The summed E-state index contributed by atoms with van der Waals surface area (Å²) in [6, 6.07) is 17.8. The molecule has 1 atom stereocenters. The SMILES string of the molecule is CC[N+]1(CC)CC2=C(NC1c1ccccc1)c1ccccc1C(=O)C2=O. The maximum Gasteiger partial charge on any atom is 0.237 e. The van der Waals surface area contributed by atoms with Crippen molar-refractivity contribution in [1.29, 1.82) is 0 Å². The van der Waals surface area contributed by atoms with Crippen LogP contribution in [0.1, 0.15) is 41.5 Å². The molecule has 0 saturated heterocycles. The Morgan fingerprint density at radius 3 is 2.15 bits per heavy atom. The number of hydrogen-bond acceptors (Lipinski definition) is 3. The van der Waals surface area contributed by atoms with Gasteiger partial charge in [0, 0.05) is 16.7 Å². The smallest absolute Gasteiger partial charge is 0.237 e. The molecule has 4 rings (SSSR count). The van der Waals surface area contributed by atoms with Crippen LogP contribution in [-0.4, -0.2) is 35.7 Å². The molecule has 0 bridgehead atoms. The fourth-order valence-electron chi connectivity index (χ4n) is 4.28. The molecule has 0 spiro atoms. The first-order valence-corrected chi connectivity index (χ1v) is 9.20. The van der Waals surface area contributed by atoms with Crippen LogP contribution in [0.25, 0.3) is 5.70 Å². The topological polar surface area (TPSA) is 46.2 Å². The van der Waals surface area contributed by atoms with Crippen molar-refractivity contribution in [3.05, 3.63) is 76.9 Å². The molecule has 4 heteroatoms. The number of nitrogens with zero attached hydrogens (tertiary/aromatic N) is 1. The molecule has 2 aromatic carbocycles. The van der Waals surface area contributed by atoms with Gasteiger partial charge in [-0.2, -0.15) is 0 Å². The Hall–Kier alpha value is -2.72. The Labute approximate surface area is 153 Å². The maximum absolute atomic E-state index is 12.8. The van der Waals surface area contributed by atoms with Crippen LogP contribution < -0.4 is 5.32 Å². The zero-order valence-electron chi connectivity index (χ0n) is 15.2. The number of benzene rings is 2. The van der Waals surface area contributed by atoms with Gasteiger partial charge in [-0.25, -0.2) is 0 Å². The van der Waals surface area contributed by atoms with Crippen molar-refractivity contribution in [3.8, 4) is 0 Å². The van der Waals surface area contributed by atoms with Crippen LogP contribution in [0, 0.1) is 0 Å². The lowest BCUT2D eigenvalue weighted by atomic mass is 9.84. The lowest BCUT2D eigenvalue weighted by molar-refractivity contribution is -0.953. The van der Waals surface area contributed by atoms with E-state index in [-0.39, 0.29) is 17.7 Å². The maximum atomic E-state index is 12.8. The van der Waals surface area contributed by atoms with Gasteiger partial charge < -0.3 is 5.32 Å². The second-order valence-corrected chi connectivity index (χ2v) is 7.02. The lowest BCUT2D eigenvalue weighted by Gasteiger charge is -2.48. The van der Waals surface area contributed by atoms with Crippen LogP contribution in [0.5, 0.6) is 0 Å². The minimum absolute atomic E-state index is 0.0546. The standard InChI is InChI=1S/C22H22N2O2/c1-3-24(4-2)14-18-19(23-22(24)15-10-6-5-7-11-15)16-12-8-9-13-17(16)20(25)21(18)26/h5-13,22H,3-4,14H2,1-2H3/p+1. The highest BCUT2D eigenvalue weighted by atomic mass is 16.2. The van der Waals surface area contributed by atoms with Gasteiger partial charge in [-0.15, -0.1) is 0 Å². The molecule has 0 aromatic heterocycles. The summed E-state index contributed by atoms with van der Waals surface area (Å²) in [5.41, 5.74) is 4.01. The summed E-state index contributed by atoms with van der Waals surface area (Å²) < 4.78 is 0.712. The summed E-state index contributed by atoms with van der Waals surface area (Å²) in [5, 5.41) is 3.65. The van der Waals surface area contributed by atoms with Crippen LogP contribution in [0.3, 0.4) is 0 Å². The minimum atomic E-state index is -0.385. The number of ketones is 2. The molecule has 0 amide bonds. The van der Waals surface area contributed by atoms with Crippen LogP contribution in [0.4, 0.5) is 0 Å². The van der Waals surface area contributed by atoms with Gasteiger partial charge in [-0.3, -0.25) is 14.1 Å². The minimum Gasteiger partial charge on any atom is -0.331 e. The Morgan fingerprint density at radius 2 is 1.50 bits per heavy atom. The quantitative estimate of drug-likeness (QED) is 0.684. The second kappa shape index (κ2) is 6.22. The highest BCUT2D eigenvalue weighted by molar-refractivity contribution is 6.52. The molecule has 1 aliphatic heterocycles. The number of hydrogen-bond donors (Lipinski definition) is 1.